The highest BCUT2D eigenvalue weighted by molar-refractivity contribution is 4.90. The van der Waals surface area contributed by atoms with E-state index in [4.69, 9.17) is 0 Å². The van der Waals surface area contributed by atoms with Gasteiger partial charge in [0.15, 0.2) is 0 Å². The molecule has 0 spiro atoms. The van der Waals surface area contributed by atoms with Gasteiger partial charge in [-0.2, -0.15) is 0 Å². The average Bonchev–Trinajstić information content (AvgIpc) is 2.15. The standard InChI is InChI=1S/C10H22N2O/c1-4-5-9(11-3)6-12-7-10(13)8(12)2/h8-11,13H,4-7H2,1-3H3/t8-,9-,10-/m1/s1. The van der Waals surface area contributed by atoms with E-state index in [2.05, 4.69) is 24.1 Å². The smallest absolute Gasteiger partial charge is 0.0819 e. The summed E-state index contributed by atoms with van der Waals surface area (Å²) in [4.78, 5) is 2.33. The zero-order valence-electron chi connectivity index (χ0n) is 8.95. The Morgan fingerprint density at radius 1 is 1.62 bits per heavy atom. The van der Waals surface area contributed by atoms with Crippen LogP contribution in [0, 0.1) is 0 Å². The molecule has 1 aliphatic heterocycles. The topological polar surface area (TPSA) is 35.5 Å². The number of likely N-dealkylation sites (N-methyl/N-ethyl adjacent to an activating group) is 1. The van der Waals surface area contributed by atoms with E-state index in [1.54, 1.807) is 0 Å². The molecular formula is C10H22N2O. The molecule has 0 bridgehead atoms. The first kappa shape index (κ1) is 11.0. The molecule has 1 heterocycles. The molecule has 78 valence electrons. The highest BCUT2D eigenvalue weighted by Gasteiger charge is 2.34. The van der Waals surface area contributed by atoms with Crippen LogP contribution in [-0.2, 0) is 0 Å². The van der Waals surface area contributed by atoms with Crippen molar-refractivity contribution in [1.82, 2.24) is 10.2 Å². The van der Waals surface area contributed by atoms with Crippen LogP contribution in [0.5, 0.6) is 0 Å². The highest BCUT2D eigenvalue weighted by Crippen LogP contribution is 2.18. The molecule has 1 aliphatic rings. The van der Waals surface area contributed by atoms with Crippen LogP contribution in [0.15, 0.2) is 0 Å². The lowest BCUT2D eigenvalue weighted by Gasteiger charge is -2.45. The first-order valence-corrected chi connectivity index (χ1v) is 5.28. The second kappa shape index (κ2) is 4.94. The number of nitrogens with one attached hydrogen (secondary N) is 1. The molecule has 0 aromatic carbocycles. The molecule has 2 N–H and O–H groups in total. The molecule has 0 radical (unpaired) electrons. The van der Waals surface area contributed by atoms with Crippen LogP contribution in [-0.4, -0.2) is 48.3 Å². The van der Waals surface area contributed by atoms with Gasteiger partial charge in [-0.1, -0.05) is 13.3 Å². The molecule has 0 aliphatic carbocycles. The van der Waals surface area contributed by atoms with Crippen LogP contribution >= 0.6 is 0 Å². The van der Waals surface area contributed by atoms with Crippen LogP contribution < -0.4 is 5.32 Å². The Morgan fingerprint density at radius 3 is 2.69 bits per heavy atom. The Hall–Kier alpha value is -0.120. The Bertz CT molecular complexity index is 150. The normalized spacial score (nSPS) is 31.4. The number of nitrogens with zero attached hydrogens (tertiary/aromatic N) is 1. The largest absolute Gasteiger partial charge is 0.390 e. The average molecular weight is 186 g/mol. The van der Waals surface area contributed by atoms with Crippen molar-refractivity contribution in [2.24, 2.45) is 0 Å². The van der Waals surface area contributed by atoms with Gasteiger partial charge in [-0.05, 0) is 20.4 Å². The summed E-state index contributed by atoms with van der Waals surface area (Å²) in [7, 11) is 2.02. The molecule has 0 unspecified atom stereocenters. The predicted octanol–water partition coefficient (Wildman–Crippen LogP) is 0.439. The van der Waals surface area contributed by atoms with Crippen LogP contribution in [0.4, 0.5) is 0 Å². The Morgan fingerprint density at radius 2 is 2.31 bits per heavy atom. The van der Waals surface area contributed by atoms with E-state index in [1.807, 2.05) is 7.05 Å². The van der Waals surface area contributed by atoms with Crippen molar-refractivity contribution in [2.45, 2.75) is 44.9 Å². The maximum atomic E-state index is 9.34. The number of aliphatic hydroxyl groups is 1. The summed E-state index contributed by atoms with van der Waals surface area (Å²) in [6.07, 6.45) is 2.34. The van der Waals surface area contributed by atoms with Crippen molar-refractivity contribution >= 4 is 0 Å². The van der Waals surface area contributed by atoms with Crippen LogP contribution in [0.2, 0.25) is 0 Å². The molecule has 1 rings (SSSR count). The fraction of sp³-hybridized carbons (Fsp3) is 1.00. The molecule has 1 fully saturated rings. The zero-order valence-corrected chi connectivity index (χ0v) is 8.95. The highest BCUT2D eigenvalue weighted by atomic mass is 16.3. The van der Waals surface area contributed by atoms with Gasteiger partial charge in [0.2, 0.25) is 0 Å². The second-order valence-corrected chi connectivity index (χ2v) is 4.04. The molecule has 3 nitrogen and oxygen atoms in total. The third kappa shape index (κ3) is 2.66. The molecule has 13 heavy (non-hydrogen) atoms. The van der Waals surface area contributed by atoms with Crippen LogP contribution in [0.1, 0.15) is 26.7 Å². The zero-order chi connectivity index (χ0) is 9.84. The summed E-state index contributed by atoms with van der Waals surface area (Å²) in [5.41, 5.74) is 0. The van der Waals surface area contributed by atoms with Crippen molar-refractivity contribution < 1.29 is 5.11 Å². The summed E-state index contributed by atoms with van der Waals surface area (Å²) in [6, 6.07) is 0.938. The van der Waals surface area contributed by atoms with Gasteiger partial charge in [0, 0.05) is 25.2 Å². The van der Waals surface area contributed by atoms with Crippen molar-refractivity contribution in [2.75, 3.05) is 20.1 Å². The monoisotopic (exact) mass is 186 g/mol. The lowest BCUT2D eigenvalue weighted by Crippen LogP contribution is -2.61. The van der Waals surface area contributed by atoms with Crippen LogP contribution in [0.25, 0.3) is 0 Å². The van der Waals surface area contributed by atoms with Gasteiger partial charge in [0.05, 0.1) is 6.10 Å². The summed E-state index contributed by atoms with van der Waals surface area (Å²) < 4.78 is 0. The van der Waals surface area contributed by atoms with E-state index in [9.17, 15) is 5.11 Å². The van der Waals surface area contributed by atoms with Gasteiger partial charge in [0.25, 0.3) is 0 Å². The number of rotatable bonds is 5. The van der Waals surface area contributed by atoms with E-state index in [-0.39, 0.29) is 6.10 Å². The van der Waals surface area contributed by atoms with Crippen molar-refractivity contribution in [3.05, 3.63) is 0 Å². The van der Waals surface area contributed by atoms with E-state index in [0.29, 0.717) is 12.1 Å². The van der Waals surface area contributed by atoms with Gasteiger partial charge in [-0.25, -0.2) is 0 Å². The van der Waals surface area contributed by atoms with Crippen LogP contribution in [0.3, 0.4) is 0 Å². The molecular weight excluding hydrogens is 164 g/mol. The lowest BCUT2D eigenvalue weighted by molar-refractivity contribution is -0.0561. The molecule has 1 saturated heterocycles. The van der Waals surface area contributed by atoms with Gasteiger partial charge in [0.1, 0.15) is 0 Å². The molecule has 3 heteroatoms. The number of likely N-dealkylation sites (tertiary alicyclic amines) is 1. The fourth-order valence-electron chi connectivity index (χ4n) is 1.86. The molecule has 0 amide bonds. The summed E-state index contributed by atoms with van der Waals surface area (Å²) in [5.74, 6) is 0. The Balaban J connectivity index is 2.23. The number of hydrogen-bond donors (Lipinski definition) is 2. The second-order valence-electron chi connectivity index (χ2n) is 4.04. The number of aliphatic hydroxyl groups excluding tert-OH is 1. The van der Waals surface area contributed by atoms with Gasteiger partial charge < -0.3 is 10.4 Å². The minimum Gasteiger partial charge on any atom is -0.390 e. The van der Waals surface area contributed by atoms with E-state index >= 15 is 0 Å². The molecule has 0 aromatic rings. The third-order valence-corrected chi connectivity index (χ3v) is 3.05. The number of β-amino-alcohol motifs (C(OH)–C–C–N with tert-alkyl or cyclic N) is 1. The van der Waals surface area contributed by atoms with E-state index in [1.165, 1.54) is 12.8 Å². The molecule has 3 atom stereocenters. The third-order valence-electron chi connectivity index (χ3n) is 3.05. The van der Waals surface area contributed by atoms with Gasteiger partial charge in [-0.15, -0.1) is 0 Å². The minimum atomic E-state index is -0.0980. The summed E-state index contributed by atoms with van der Waals surface area (Å²) in [6.45, 7) is 6.22. The maximum Gasteiger partial charge on any atom is 0.0819 e. The fourth-order valence-corrected chi connectivity index (χ4v) is 1.86. The van der Waals surface area contributed by atoms with Gasteiger partial charge >= 0.3 is 0 Å². The first-order chi connectivity index (χ1) is 6.19. The number of hydrogen-bond acceptors (Lipinski definition) is 3. The summed E-state index contributed by atoms with van der Waals surface area (Å²) in [5, 5.41) is 12.7. The van der Waals surface area contributed by atoms with Crippen molar-refractivity contribution in [1.29, 1.82) is 0 Å². The van der Waals surface area contributed by atoms with Gasteiger partial charge in [-0.3, -0.25) is 4.90 Å². The minimum absolute atomic E-state index is 0.0980. The van der Waals surface area contributed by atoms with Crippen molar-refractivity contribution in [3.63, 3.8) is 0 Å². The molecule has 0 saturated carbocycles. The Labute approximate surface area is 81.1 Å². The lowest BCUT2D eigenvalue weighted by atomic mass is 9.99. The maximum absolute atomic E-state index is 9.34. The molecule has 0 aromatic heterocycles. The first-order valence-electron chi connectivity index (χ1n) is 5.28. The summed E-state index contributed by atoms with van der Waals surface area (Å²) >= 11 is 0. The predicted molar refractivity (Wildman–Crippen MR) is 54.8 cm³/mol. The Kier molecular flexibility index (Phi) is 4.16. The van der Waals surface area contributed by atoms with Crippen molar-refractivity contribution in [3.8, 4) is 0 Å². The quantitative estimate of drug-likeness (QED) is 0.654. The SMILES string of the molecule is CCC[C@H](CN1C[C@@H](O)[C@H]1C)NC. The van der Waals surface area contributed by atoms with E-state index < -0.39 is 0 Å². The van der Waals surface area contributed by atoms with E-state index in [0.717, 1.165) is 13.1 Å².